The molecule has 0 amide bonds. The van der Waals surface area contributed by atoms with Gasteiger partial charge in [0.1, 0.15) is 35.3 Å². The number of methoxy groups -OCH3 is 1. The highest BCUT2D eigenvalue weighted by Gasteiger charge is 2.34. The lowest BCUT2D eigenvalue weighted by atomic mass is 10.1. The van der Waals surface area contributed by atoms with E-state index in [-0.39, 0.29) is 6.23 Å². The molecule has 1 fully saturated rings. The summed E-state index contributed by atoms with van der Waals surface area (Å²) in [4.78, 5) is 27.6. The Labute approximate surface area is 189 Å². The average Bonchev–Trinajstić information content (AvgIpc) is 2.88. The van der Waals surface area contributed by atoms with Gasteiger partial charge in [-0.15, -0.1) is 0 Å². The Morgan fingerprint density at radius 3 is 2.76 bits per heavy atom. The highest BCUT2D eigenvalue weighted by molar-refractivity contribution is 5.98. The zero-order valence-electron chi connectivity index (χ0n) is 17.8. The van der Waals surface area contributed by atoms with Gasteiger partial charge in [-0.2, -0.15) is 5.26 Å². The summed E-state index contributed by atoms with van der Waals surface area (Å²) in [6.07, 6.45) is 4.93. The van der Waals surface area contributed by atoms with Gasteiger partial charge in [-0.3, -0.25) is 0 Å². The van der Waals surface area contributed by atoms with Crippen LogP contribution in [-0.4, -0.2) is 57.9 Å². The van der Waals surface area contributed by atoms with Crippen molar-refractivity contribution >= 4 is 34.2 Å². The lowest BCUT2D eigenvalue weighted by molar-refractivity contribution is 0.0952. The van der Waals surface area contributed by atoms with Gasteiger partial charge in [0.25, 0.3) is 0 Å². The van der Waals surface area contributed by atoms with Crippen LogP contribution in [0.2, 0.25) is 0 Å². The van der Waals surface area contributed by atoms with Gasteiger partial charge < -0.3 is 19.9 Å². The van der Waals surface area contributed by atoms with Crippen molar-refractivity contribution in [3.05, 3.63) is 54.5 Å². The fourth-order valence-electron chi connectivity index (χ4n) is 4.30. The van der Waals surface area contributed by atoms with Crippen molar-refractivity contribution in [1.82, 2.24) is 24.9 Å². The molecule has 0 aliphatic carbocycles. The van der Waals surface area contributed by atoms with Crippen molar-refractivity contribution in [3.63, 3.8) is 0 Å². The highest BCUT2D eigenvalue weighted by Crippen LogP contribution is 2.37. The van der Waals surface area contributed by atoms with Crippen LogP contribution < -0.4 is 15.1 Å². The second kappa shape index (κ2) is 7.65. The lowest BCUT2D eigenvalue weighted by Crippen LogP contribution is -2.55. The van der Waals surface area contributed by atoms with Crippen LogP contribution in [0, 0.1) is 11.3 Å². The predicted molar refractivity (Wildman–Crippen MR) is 123 cm³/mol. The molecule has 1 atom stereocenters. The van der Waals surface area contributed by atoms with Crippen LogP contribution in [0.1, 0.15) is 5.56 Å². The maximum Gasteiger partial charge on any atom is 0.162 e. The number of nitriles is 1. The number of ether oxygens (including phenoxy) is 1. The molecule has 7 heterocycles. The summed E-state index contributed by atoms with van der Waals surface area (Å²) in [6.45, 7) is 2.34. The molecule has 33 heavy (non-hydrogen) atoms. The van der Waals surface area contributed by atoms with Crippen molar-refractivity contribution in [1.29, 1.82) is 5.26 Å². The van der Waals surface area contributed by atoms with E-state index in [2.05, 4.69) is 36.1 Å². The number of rotatable bonds is 4. The van der Waals surface area contributed by atoms with E-state index in [0.717, 1.165) is 41.2 Å². The molecule has 0 aromatic carbocycles. The third-order valence-corrected chi connectivity index (χ3v) is 5.92. The Morgan fingerprint density at radius 2 is 1.94 bits per heavy atom. The summed E-state index contributed by atoms with van der Waals surface area (Å²) >= 11 is 0. The molecule has 3 aliphatic rings. The molecular weight excluding hydrogens is 418 g/mol. The molecule has 162 valence electrons. The van der Waals surface area contributed by atoms with Crippen LogP contribution in [0.4, 0.5) is 23.3 Å². The normalized spacial score (nSPS) is 16.5. The van der Waals surface area contributed by atoms with Crippen molar-refractivity contribution in [3.8, 4) is 17.5 Å². The molecule has 10 nitrogen and oxygen atoms in total. The van der Waals surface area contributed by atoms with Crippen LogP contribution in [0.25, 0.3) is 22.3 Å². The molecule has 4 aromatic rings. The summed E-state index contributed by atoms with van der Waals surface area (Å²) in [6, 6.07) is 11.3. The fraction of sp³-hybridized carbons (Fsp3) is 0.217. The van der Waals surface area contributed by atoms with Crippen LogP contribution in [0.5, 0.6) is 0 Å². The highest BCUT2D eigenvalue weighted by atomic mass is 16.5. The van der Waals surface area contributed by atoms with Gasteiger partial charge in [-0.25, -0.2) is 24.9 Å². The Kier molecular flexibility index (Phi) is 4.48. The van der Waals surface area contributed by atoms with E-state index in [1.165, 1.54) is 6.20 Å². The van der Waals surface area contributed by atoms with Crippen molar-refractivity contribution < 1.29 is 4.74 Å². The summed E-state index contributed by atoms with van der Waals surface area (Å²) in [5.74, 6) is 3.52. The molecule has 1 N–H and O–H groups in total. The number of fused-ring (bicyclic) bond motifs is 2. The molecule has 7 rings (SSSR count). The molecule has 4 aromatic heterocycles. The van der Waals surface area contributed by atoms with E-state index in [9.17, 15) is 0 Å². The number of nitrogens with zero attached hydrogens (tertiary/aromatic N) is 8. The third-order valence-electron chi connectivity index (χ3n) is 5.92. The molecular formula is C23H19N9O. The minimum atomic E-state index is -0.0980. The minimum Gasteiger partial charge on any atom is -0.360 e. The molecule has 0 saturated carbocycles. The molecule has 6 bridgehead atoms. The zero-order chi connectivity index (χ0) is 22.4. The molecule has 0 spiro atoms. The molecule has 3 aliphatic heterocycles. The Hall–Kier alpha value is -4.36. The van der Waals surface area contributed by atoms with E-state index in [1.54, 1.807) is 31.6 Å². The number of hydrogen-bond acceptors (Lipinski definition) is 10. The van der Waals surface area contributed by atoms with E-state index in [4.69, 9.17) is 20.0 Å². The van der Waals surface area contributed by atoms with Gasteiger partial charge in [-0.05, 0) is 30.3 Å². The van der Waals surface area contributed by atoms with Gasteiger partial charge >= 0.3 is 0 Å². The molecule has 1 saturated heterocycles. The first-order valence-electron chi connectivity index (χ1n) is 10.5. The van der Waals surface area contributed by atoms with Crippen LogP contribution in [0.15, 0.2) is 48.9 Å². The van der Waals surface area contributed by atoms with E-state index in [0.29, 0.717) is 29.6 Å². The number of anilines is 4. The standard InChI is InChI=1S/C23H19N9O/c1-33-19-13-31-8-9-32(19)23-20-16(5-7-26-23)22(31)30-21(29-20)15-4-6-25-18(10-15)28-17-3-2-14(11-24)12-27-17/h2-7,10,12,19H,8-9,13H2,1H3,(H,25,27,28). The quantitative estimate of drug-likeness (QED) is 0.511. The number of pyridine rings is 3. The lowest BCUT2D eigenvalue weighted by Gasteiger charge is -2.43. The van der Waals surface area contributed by atoms with Gasteiger partial charge in [0.2, 0.25) is 0 Å². The van der Waals surface area contributed by atoms with Crippen molar-refractivity contribution in [2.24, 2.45) is 0 Å². The second-order valence-electron chi connectivity index (χ2n) is 7.83. The van der Waals surface area contributed by atoms with Crippen LogP contribution >= 0.6 is 0 Å². The summed E-state index contributed by atoms with van der Waals surface area (Å²) in [7, 11) is 1.72. The number of piperazine rings is 1. The number of nitrogens with one attached hydrogen (secondary N) is 1. The van der Waals surface area contributed by atoms with Gasteiger partial charge in [0.15, 0.2) is 11.6 Å². The monoisotopic (exact) mass is 437 g/mol. The predicted octanol–water partition coefficient (Wildman–Crippen LogP) is 2.71. The number of hydrogen-bond donors (Lipinski definition) is 1. The van der Waals surface area contributed by atoms with E-state index >= 15 is 0 Å². The van der Waals surface area contributed by atoms with Gasteiger partial charge in [0, 0.05) is 49.7 Å². The molecule has 0 radical (unpaired) electrons. The maximum absolute atomic E-state index is 8.95. The first-order valence-corrected chi connectivity index (χ1v) is 10.5. The van der Waals surface area contributed by atoms with Crippen LogP contribution in [0.3, 0.4) is 0 Å². The average molecular weight is 437 g/mol. The Bertz CT molecular complexity index is 1400. The smallest absolute Gasteiger partial charge is 0.162 e. The third kappa shape index (κ3) is 3.26. The minimum absolute atomic E-state index is 0.0980. The van der Waals surface area contributed by atoms with Crippen LogP contribution in [-0.2, 0) is 4.74 Å². The van der Waals surface area contributed by atoms with E-state index in [1.807, 2.05) is 18.2 Å². The number of aromatic nitrogens is 5. The maximum atomic E-state index is 8.95. The summed E-state index contributed by atoms with van der Waals surface area (Å²) in [5, 5.41) is 13.1. The van der Waals surface area contributed by atoms with E-state index < -0.39 is 0 Å². The SMILES string of the molecule is COC1CN2CCN1c1nccc3c2nc(-c2ccnc(Nc4ccc(C#N)cn4)c2)nc13. The van der Waals surface area contributed by atoms with Crippen molar-refractivity contribution in [2.75, 3.05) is 41.9 Å². The van der Waals surface area contributed by atoms with Crippen molar-refractivity contribution in [2.45, 2.75) is 6.23 Å². The summed E-state index contributed by atoms with van der Waals surface area (Å²) in [5.41, 5.74) is 2.14. The first kappa shape index (κ1) is 19.3. The second-order valence-corrected chi connectivity index (χ2v) is 7.83. The zero-order valence-corrected chi connectivity index (χ0v) is 17.8. The summed E-state index contributed by atoms with van der Waals surface area (Å²) < 4.78 is 5.73. The largest absolute Gasteiger partial charge is 0.360 e. The Morgan fingerprint density at radius 1 is 1.03 bits per heavy atom. The fourth-order valence-corrected chi connectivity index (χ4v) is 4.30. The first-order chi connectivity index (χ1) is 16.2. The van der Waals surface area contributed by atoms with Gasteiger partial charge in [0.05, 0.1) is 12.1 Å². The Balaban J connectivity index is 1.43. The molecule has 1 unspecified atom stereocenters. The topological polar surface area (TPSA) is 116 Å². The molecule has 10 heteroatoms. The van der Waals surface area contributed by atoms with Gasteiger partial charge in [-0.1, -0.05) is 0 Å².